The van der Waals surface area contributed by atoms with Gasteiger partial charge in [-0.15, -0.1) is 0 Å². The zero-order valence-corrected chi connectivity index (χ0v) is 11.4. The molecular formula is C13H18ClN3O. The second-order valence-electron chi connectivity index (χ2n) is 5.18. The van der Waals surface area contributed by atoms with Crippen molar-refractivity contribution in [3.63, 3.8) is 0 Å². The fraction of sp³-hybridized carbons (Fsp3) is 0.462. The van der Waals surface area contributed by atoms with Gasteiger partial charge in [0.05, 0.1) is 11.6 Å². The summed E-state index contributed by atoms with van der Waals surface area (Å²) < 4.78 is 0. The molecule has 1 unspecified atom stereocenters. The molecule has 0 aromatic heterocycles. The SMILES string of the molecule is CC(C)(CN)N1CC(c2ccc(Cl)cc2)NC1=O. The van der Waals surface area contributed by atoms with E-state index in [1.165, 1.54) is 0 Å². The molecule has 0 saturated carbocycles. The number of nitrogens with one attached hydrogen (secondary N) is 1. The molecule has 2 amide bonds. The van der Waals surface area contributed by atoms with Gasteiger partial charge in [0.15, 0.2) is 0 Å². The van der Waals surface area contributed by atoms with Crippen LogP contribution in [0, 0.1) is 0 Å². The molecule has 1 aromatic carbocycles. The molecule has 1 aromatic rings. The van der Waals surface area contributed by atoms with E-state index < -0.39 is 0 Å². The zero-order valence-electron chi connectivity index (χ0n) is 10.6. The highest BCUT2D eigenvalue weighted by Crippen LogP contribution is 2.26. The molecule has 98 valence electrons. The van der Waals surface area contributed by atoms with E-state index in [9.17, 15) is 4.79 Å². The van der Waals surface area contributed by atoms with Gasteiger partial charge >= 0.3 is 6.03 Å². The first kappa shape index (κ1) is 13.2. The Morgan fingerprint density at radius 3 is 2.61 bits per heavy atom. The van der Waals surface area contributed by atoms with Crippen molar-refractivity contribution in [3.8, 4) is 0 Å². The number of urea groups is 1. The summed E-state index contributed by atoms with van der Waals surface area (Å²) in [5, 5.41) is 3.66. The predicted octanol–water partition coefficient (Wildman–Crippen LogP) is 2.14. The Hall–Kier alpha value is -1.26. The molecule has 1 atom stereocenters. The van der Waals surface area contributed by atoms with E-state index in [2.05, 4.69) is 5.32 Å². The molecule has 0 aliphatic carbocycles. The minimum absolute atomic E-state index is 0.000548. The van der Waals surface area contributed by atoms with E-state index in [0.717, 1.165) is 5.56 Å². The van der Waals surface area contributed by atoms with Gasteiger partial charge in [0.1, 0.15) is 0 Å². The second kappa shape index (κ2) is 4.78. The number of carbonyl (C=O) groups excluding carboxylic acids is 1. The highest BCUT2D eigenvalue weighted by molar-refractivity contribution is 6.30. The van der Waals surface area contributed by atoms with Crippen LogP contribution in [-0.2, 0) is 0 Å². The fourth-order valence-electron chi connectivity index (χ4n) is 2.05. The summed E-state index contributed by atoms with van der Waals surface area (Å²) >= 11 is 5.86. The minimum Gasteiger partial charge on any atom is -0.329 e. The van der Waals surface area contributed by atoms with Crippen LogP contribution in [-0.4, -0.2) is 29.6 Å². The van der Waals surface area contributed by atoms with Gasteiger partial charge in [0.25, 0.3) is 0 Å². The first-order valence-electron chi connectivity index (χ1n) is 5.98. The third-order valence-corrected chi connectivity index (χ3v) is 3.66. The molecule has 5 heteroatoms. The maximum atomic E-state index is 12.0. The van der Waals surface area contributed by atoms with Crippen LogP contribution >= 0.6 is 11.6 Å². The van der Waals surface area contributed by atoms with E-state index in [-0.39, 0.29) is 17.6 Å². The van der Waals surface area contributed by atoms with Crippen LogP contribution in [0.15, 0.2) is 24.3 Å². The number of nitrogens with two attached hydrogens (primary N) is 1. The first-order valence-corrected chi connectivity index (χ1v) is 6.35. The second-order valence-corrected chi connectivity index (χ2v) is 5.62. The van der Waals surface area contributed by atoms with Crippen molar-refractivity contribution in [2.45, 2.75) is 25.4 Å². The topological polar surface area (TPSA) is 58.4 Å². The fourth-order valence-corrected chi connectivity index (χ4v) is 2.18. The average molecular weight is 268 g/mol. The van der Waals surface area contributed by atoms with Crippen molar-refractivity contribution < 1.29 is 4.79 Å². The smallest absolute Gasteiger partial charge is 0.318 e. The molecule has 1 aliphatic rings. The maximum absolute atomic E-state index is 12.0. The summed E-state index contributed by atoms with van der Waals surface area (Å²) in [4.78, 5) is 13.7. The Morgan fingerprint density at radius 1 is 1.44 bits per heavy atom. The summed E-state index contributed by atoms with van der Waals surface area (Å²) in [6.07, 6.45) is 0. The van der Waals surface area contributed by atoms with Gasteiger partial charge in [0, 0.05) is 18.1 Å². The monoisotopic (exact) mass is 267 g/mol. The van der Waals surface area contributed by atoms with Crippen LogP contribution in [0.3, 0.4) is 0 Å². The summed E-state index contributed by atoms with van der Waals surface area (Å²) in [5.74, 6) is 0. The lowest BCUT2D eigenvalue weighted by molar-refractivity contribution is 0.163. The Morgan fingerprint density at radius 2 is 2.06 bits per heavy atom. The van der Waals surface area contributed by atoms with Gasteiger partial charge in [0.2, 0.25) is 0 Å². The first-order chi connectivity index (χ1) is 8.44. The number of rotatable bonds is 3. The molecule has 1 fully saturated rings. The quantitative estimate of drug-likeness (QED) is 0.882. The van der Waals surface area contributed by atoms with Crippen LogP contribution in [0.5, 0.6) is 0 Å². The molecule has 1 aliphatic heterocycles. The largest absolute Gasteiger partial charge is 0.329 e. The van der Waals surface area contributed by atoms with Crippen LogP contribution in [0.25, 0.3) is 0 Å². The minimum atomic E-state index is -0.328. The molecule has 18 heavy (non-hydrogen) atoms. The van der Waals surface area contributed by atoms with E-state index >= 15 is 0 Å². The number of amides is 2. The average Bonchev–Trinajstić information content (AvgIpc) is 2.73. The van der Waals surface area contributed by atoms with Crippen molar-refractivity contribution >= 4 is 17.6 Å². The van der Waals surface area contributed by atoms with Gasteiger partial charge in [-0.05, 0) is 31.5 Å². The Kier molecular flexibility index (Phi) is 3.50. The zero-order chi connectivity index (χ0) is 13.3. The highest BCUT2D eigenvalue weighted by atomic mass is 35.5. The van der Waals surface area contributed by atoms with Gasteiger partial charge in [-0.3, -0.25) is 0 Å². The number of halogens is 1. The van der Waals surface area contributed by atoms with Crippen LogP contribution in [0.1, 0.15) is 25.5 Å². The molecule has 0 spiro atoms. The van der Waals surface area contributed by atoms with Crippen molar-refractivity contribution in [1.82, 2.24) is 10.2 Å². The molecular weight excluding hydrogens is 250 g/mol. The lowest BCUT2D eigenvalue weighted by atomic mass is 10.0. The van der Waals surface area contributed by atoms with Gasteiger partial charge in [-0.2, -0.15) is 0 Å². The Bertz CT molecular complexity index is 444. The predicted molar refractivity (Wildman–Crippen MR) is 72.6 cm³/mol. The van der Waals surface area contributed by atoms with E-state index in [1.54, 1.807) is 4.90 Å². The molecule has 4 nitrogen and oxygen atoms in total. The summed E-state index contributed by atoms with van der Waals surface area (Å²) in [7, 11) is 0. The van der Waals surface area contributed by atoms with Crippen LogP contribution in [0.2, 0.25) is 5.02 Å². The molecule has 1 heterocycles. The van der Waals surface area contributed by atoms with Gasteiger partial charge < -0.3 is 16.0 Å². The summed E-state index contributed by atoms with van der Waals surface area (Å²) in [6, 6.07) is 7.48. The number of hydrogen-bond acceptors (Lipinski definition) is 2. The van der Waals surface area contributed by atoms with Crippen LogP contribution < -0.4 is 11.1 Å². The Balaban J connectivity index is 2.16. The molecule has 2 rings (SSSR count). The number of benzene rings is 1. The van der Waals surface area contributed by atoms with Crippen molar-refractivity contribution in [3.05, 3.63) is 34.9 Å². The molecule has 0 radical (unpaired) electrons. The highest BCUT2D eigenvalue weighted by Gasteiger charge is 2.38. The van der Waals surface area contributed by atoms with Crippen molar-refractivity contribution in [1.29, 1.82) is 0 Å². The number of carbonyl (C=O) groups is 1. The lowest BCUT2D eigenvalue weighted by Gasteiger charge is -2.33. The van der Waals surface area contributed by atoms with Crippen molar-refractivity contribution in [2.75, 3.05) is 13.1 Å². The third kappa shape index (κ3) is 2.44. The summed E-state index contributed by atoms with van der Waals surface area (Å²) in [5.41, 5.74) is 6.44. The Labute approximate surface area is 112 Å². The van der Waals surface area contributed by atoms with Gasteiger partial charge in [-0.25, -0.2) is 4.79 Å². The van der Waals surface area contributed by atoms with E-state index in [1.807, 2.05) is 38.1 Å². The van der Waals surface area contributed by atoms with Gasteiger partial charge in [-0.1, -0.05) is 23.7 Å². The van der Waals surface area contributed by atoms with Crippen LogP contribution in [0.4, 0.5) is 4.79 Å². The molecule has 1 saturated heterocycles. The normalized spacial score (nSPS) is 20.1. The van der Waals surface area contributed by atoms with Crippen molar-refractivity contribution in [2.24, 2.45) is 5.73 Å². The van der Waals surface area contributed by atoms with E-state index in [4.69, 9.17) is 17.3 Å². The number of nitrogens with zero attached hydrogens (tertiary/aromatic N) is 1. The lowest BCUT2D eigenvalue weighted by Crippen LogP contribution is -2.50. The maximum Gasteiger partial charge on any atom is 0.318 e. The molecule has 0 bridgehead atoms. The standard InChI is InChI=1S/C13H18ClN3O/c1-13(2,8-15)17-7-11(16-12(17)18)9-3-5-10(14)6-4-9/h3-6,11H,7-8,15H2,1-2H3,(H,16,18). The molecule has 3 N–H and O–H groups in total. The summed E-state index contributed by atoms with van der Waals surface area (Å²) in [6.45, 7) is 5.01. The number of hydrogen-bond donors (Lipinski definition) is 2. The van der Waals surface area contributed by atoms with E-state index in [0.29, 0.717) is 18.1 Å². The third-order valence-electron chi connectivity index (χ3n) is 3.41.